The van der Waals surface area contributed by atoms with Gasteiger partial charge in [-0.1, -0.05) is 41.4 Å². The van der Waals surface area contributed by atoms with Crippen molar-refractivity contribution in [2.24, 2.45) is 10.1 Å². The van der Waals surface area contributed by atoms with Crippen molar-refractivity contribution in [3.05, 3.63) is 77.9 Å². The standard InChI is InChI=1S/C19H16Cl2N4O2S/c1-11-4-5-13(9-17(11)25(26)27)12(2)23-24-18(10-28-19(24)22-3)14-6-7-15(20)16(21)8-14/h4-10H,1-3H3. The summed E-state index contributed by atoms with van der Waals surface area (Å²) in [7, 11) is 1.68. The number of hydrogen-bond donors (Lipinski definition) is 0. The van der Waals surface area contributed by atoms with Crippen molar-refractivity contribution in [3.8, 4) is 11.3 Å². The Balaban J connectivity index is 2.14. The molecule has 0 radical (unpaired) electrons. The maximum absolute atomic E-state index is 11.2. The highest BCUT2D eigenvalue weighted by Crippen LogP contribution is 2.29. The molecule has 0 amide bonds. The summed E-state index contributed by atoms with van der Waals surface area (Å²) < 4.78 is 1.70. The van der Waals surface area contributed by atoms with Gasteiger partial charge in [-0.25, -0.2) is 4.68 Å². The van der Waals surface area contributed by atoms with Gasteiger partial charge in [0.2, 0.25) is 4.80 Å². The molecule has 0 N–H and O–H groups in total. The van der Waals surface area contributed by atoms with E-state index in [1.807, 2.05) is 17.5 Å². The lowest BCUT2D eigenvalue weighted by atomic mass is 10.1. The molecule has 0 unspecified atom stereocenters. The van der Waals surface area contributed by atoms with Crippen LogP contribution in [-0.2, 0) is 0 Å². The average Bonchev–Trinajstić information content (AvgIpc) is 3.06. The van der Waals surface area contributed by atoms with Gasteiger partial charge >= 0.3 is 0 Å². The Bertz CT molecular complexity index is 1160. The van der Waals surface area contributed by atoms with Gasteiger partial charge in [-0.3, -0.25) is 15.1 Å². The van der Waals surface area contributed by atoms with E-state index >= 15 is 0 Å². The van der Waals surface area contributed by atoms with Crippen LogP contribution in [-0.4, -0.2) is 22.4 Å². The smallest absolute Gasteiger partial charge is 0.261 e. The fraction of sp³-hybridized carbons (Fsp3) is 0.158. The van der Waals surface area contributed by atoms with Gasteiger partial charge in [0.15, 0.2) is 0 Å². The van der Waals surface area contributed by atoms with Crippen LogP contribution in [0, 0.1) is 17.0 Å². The number of aromatic nitrogens is 1. The van der Waals surface area contributed by atoms with Gasteiger partial charge in [0.05, 0.1) is 26.4 Å². The molecule has 2 aromatic carbocycles. The van der Waals surface area contributed by atoms with E-state index in [9.17, 15) is 10.1 Å². The lowest BCUT2D eigenvalue weighted by Crippen LogP contribution is -2.14. The van der Waals surface area contributed by atoms with Crippen molar-refractivity contribution in [2.45, 2.75) is 13.8 Å². The normalized spacial score (nSPS) is 12.5. The Morgan fingerprint density at radius 3 is 2.57 bits per heavy atom. The Labute approximate surface area is 175 Å². The molecule has 0 aliphatic carbocycles. The summed E-state index contributed by atoms with van der Waals surface area (Å²) in [6.45, 7) is 3.51. The number of nitro groups is 1. The monoisotopic (exact) mass is 434 g/mol. The van der Waals surface area contributed by atoms with Crippen molar-refractivity contribution >= 4 is 45.9 Å². The highest BCUT2D eigenvalue weighted by atomic mass is 35.5. The van der Waals surface area contributed by atoms with Crippen molar-refractivity contribution in [1.82, 2.24) is 4.68 Å². The van der Waals surface area contributed by atoms with Gasteiger partial charge in [-0.05, 0) is 26.0 Å². The second-order valence-corrected chi connectivity index (χ2v) is 7.66. The van der Waals surface area contributed by atoms with E-state index < -0.39 is 4.92 Å². The number of nitrogens with zero attached hydrogens (tertiary/aromatic N) is 4. The summed E-state index contributed by atoms with van der Waals surface area (Å²) in [6, 6.07) is 10.4. The molecule has 6 nitrogen and oxygen atoms in total. The third-order valence-corrected chi connectivity index (χ3v) is 5.81. The Morgan fingerprint density at radius 2 is 1.93 bits per heavy atom. The predicted molar refractivity (Wildman–Crippen MR) is 115 cm³/mol. The second-order valence-electron chi connectivity index (χ2n) is 6.01. The molecule has 0 aliphatic rings. The third kappa shape index (κ3) is 4.01. The molecular weight excluding hydrogens is 419 g/mol. The van der Waals surface area contributed by atoms with E-state index in [0.29, 0.717) is 31.7 Å². The number of thiazole rings is 1. The molecule has 0 atom stereocenters. The number of aryl methyl sites for hydroxylation is 1. The van der Waals surface area contributed by atoms with E-state index in [2.05, 4.69) is 10.1 Å². The summed E-state index contributed by atoms with van der Waals surface area (Å²) >= 11 is 13.6. The number of nitro benzene ring substituents is 1. The number of hydrogen-bond acceptors (Lipinski definition) is 5. The van der Waals surface area contributed by atoms with E-state index in [1.165, 1.54) is 17.4 Å². The van der Waals surface area contributed by atoms with E-state index in [-0.39, 0.29) is 5.69 Å². The van der Waals surface area contributed by atoms with Gasteiger partial charge in [0, 0.05) is 35.2 Å². The van der Waals surface area contributed by atoms with Crippen LogP contribution in [0.5, 0.6) is 0 Å². The van der Waals surface area contributed by atoms with Gasteiger partial charge in [0.25, 0.3) is 5.69 Å². The molecular formula is C19H16Cl2N4O2S. The molecule has 3 rings (SSSR count). The van der Waals surface area contributed by atoms with Crippen LogP contribution in [0.25, 0.3) is 11.3 Å². The Kier molecular flexibility index (Phi) is 5.98. The van der Waals surface area contributed by atoms with Gasteiger partial charge in [0.1, 0.15) is 0 Å². The van der Waals surface area contributed by atoms with Crippen molar-refractivity contribution < 1.29 is 4.92 Å². The molecule has 1 aromatic heterocycles. The quantitative estimate of drug-likeness (QED) is 0.307. The van der Waals surface area contributed by atoms with Crippen LogP contribution in [0.1, 0.15) is 18.1 Å². The molecule has 0 saturated carbocycles. The van der Waals surface area contributed by atoms with E-state index in [1.54, 1.807) is 43.8 Å². The molecule has 144 valence electrons. The minimum absolute atomic E-state index is 0.0625. The zero-order chi connectivity index (χ0) is 20.4. The highest BCUT2D eigenvalue weighted by Gasteiger charge is 2.14. The highest BCUT2D eigenvalue weighted by molar-refractivity contribution is 7.07. The molecule has 0 fully saturated rings. The molecule has 3 aromatic rings. The minimum atomic E-state index is -0.391. The molecule has 9 heteroatoms. The molecule has 0 aliphatic heterocycles. The van der Waals surface area contributed by atoms with Crippen LogP contribution >= 0.6 is 34.5 Å². The largest absolute Gasteiger partial charge is 0.272 e. The third-order valence-electron chi connectivity index (χ3n) is 4.17. The first-order valence-corrected chi connectivity index (χ1v) is 9.85. The molecule has 0 spiro atoms. The molecule has 0 saturated heterocycles. The van der Waals surface area contributed by atoms with Crippen LogP contribution in [0.2, 0.25) is 10.0 Å². The molecule has 28 heavy (non-hydrogen) atoms. The summed E-state index contributed by atoms with van der Waals surface area (Å²) in [5.41, 5.74) is 3.59. The minimum Gasteiger partial charge on any atom is -0.261 e. The van der Waals surface area contributed by atoms with Crippen molar-refractivity contribution in [2.75, 3.05) is 7.05 Å². The maximum Gasteiger partial charge on any atom is 0.272 e. The lowest BCUT2D eigenvalue weighted by molar-refractivity contribution is -0.385. The number of rotatable bonds is 4. The van der Waals surface area contributed by atoms with Gasteiger partial charge in [-0.15, -0.1) is 11.3 Å². The summed E-state index contributed by atoms with van der Waals surface area (Å²) in [5, 5.41) is 18.8. The second kappa shape index (κ2) is 8.26. The van der Waals surface area contributed by atoms with Gasteiger partial charge < -0.3 is 0 Å². The maximum atomic E-state index is 11.2. The van der Waals surface area contributed by atoms with Crippen LogP contribution in [0.3, 0.4) is 0 Å². The topological polar surface area (TPSA) is 72.8 Å². The Morgan fingerprint density at radius 1 is 1.18 bits per heavy atom. The molecule has 1 heterocycles. The Hall–Kier alpha value is -2.48. The predicted octanol–water partition coefficient (Wildman–Crippen LogP) is 5.54. The van der Waals surface area contributed by atoms with E-state index in [4.69, 9.17) is 23.2 Å². The van der Waals surface area contributed by atoms with Crippen LogP contribution in [0.15, 0.2) is 51.9 Å². The molecule has 0 bridgehead atoms. The van der Waals surface area contributed by atoms with Crippen LogP contribution in [0.4, 0.5) is 5.69 Å². The SMILES string of the molecule is CN=c1scc(-c2ccc(Cl)c(Cl)c2)n1N=C(C)c1ccc(C)c([N+](=O)[O-])c1. The summed E-state index contributed by atoms with van der Waals surface area (Å²) in [5.74, 6) is 0. The first-order chi connectivity index (χ1) is 13.3. The number of halogens is 2. The summed E-state index contributed by atoms with van der Waals surface area (Å²) in [4.78, 5) is 15.8. The first-order valence-electron chi connectivity index (χ1n) is 8.21. The average molecular weight is 435 g/mol. The first kappa shape index (κ1) is 20.3. The van der Waals surface area contributed by atoms with E-state index in [0.717, 1.165) is 11.3 Å². The zero-order valence-corrected chi connectivity index (χ0v) is 17.6. The lowest BCUT2D eigenvalue weighted by Gasteiger charge is -2.08. The fourth-order valence-electron chi connectivity index (χ4n) is 2.64. The summed E-state index contributed by atoms with van der Waals surface area (Å²) in [6.07, 6.45) is 0. The fourth-order valence-corrected chi connectivity index (χ4v) is 3.74. The van der Waals surface area contributed by atoms with Gasteiger partial charge in [-0.2, -0.15) is 5.10 Å². The number of benzene rings is 2. The van der Waals surface area contributed by atoms with Crippen molar-refractivity contribution in [1.29, 1.82) is 0 Å². The van der Waals surface area contributed by atoms with Crippen molar-refractivity contribution in [3.63, 3.8) is 0 Å². The van der Waals surface area contributed by atoms with Crippen LogP contribution < -0.4 is 4.80 Å². The zero-order valence-electron chi connectivity index (χ0n) is 15.3.